The van der Waals surface area contributed by atoms with Crippen LogP contribution in [0.1, 0.15) is 16.1 Å². The van der Waals surface area contributed by atoms with E-state index in [1.807, 2.05) is 48.2 Å². The van der Waals surface area contributed by atoms with Gasteiger partial charge in [-0.25, -0.2) is 0 Å². The van der Waals surface area contributed by atoms with Crippen molar-refractivity contribution >= 4 is 5.91 Å². The number of morpholine rings is 1. The largest absolute Gasteiger partial charge is 0.461 e. The molecule has 2 heterocycles. The number of nitrogens with zero attached hydrogens (tertiary/aromatic N) is 1. The molecule has 0 radical (unpaired) electrons. The number of aryl methyl sites for hydroxylation is 1. The molecule has 20 heavy (non-hydrogen) atoms. The van der Waals surface area contributed by atoms with E-state index in [4.69, 9.17) is 9.15 Å². The summed E-state index contributed by atoms with van der Waals surface area (Å²) in [4.78, 5) is 14.3. The topological polar surface area (TPSA) is 42.7 Å². The van der Waals surface area contributed by atoms with Gasteiger partial charge in [-0.05, 0) is 13.0 Å². The second kappa shape index (κ2) is 5.51. The second-order valence-electron chi connectivity index (χ2n) is 4.85. The molecule has 3 rings (SSSR count). The lowest BCUT2D eigenvalue weighted by molar-refractivity contribution is 0.0301. The van der Waals surface area contributed by atoms with Crippen molar-refractivity contribution in [2.45, 2.75) is 6.92 Å². The predicted molar refractivity (Wildman–Crippen MR) is 75.6 cm³/mol. The van der Waals surface area contributed by atoms with Gasteiger partial charge in [0.25, 0.3) is 5.91 Å². The van der Waals surface area contributed by atoms with E-state index in [9.17, 15) is 4.79 Å². The van der Waals surface area contributed by atoms with Crippen LogP contribution in [0.3, 0.4) is 0 Å². The average molecular weight is 271 g/mol. The minimum atomic E-state index is 0.0248. The number of ether oxygens (including phenoxy) is 1. The van der Waals surface area contributed by atoms with Crippen molar-refractivity contribution in [3.05, 3.63) is 47.7 Å². The summed E-state index contributed by atoms with van der Waals surface area (Å²) in [5, 5.41) is 0. The van der Waals surface area contributed by atoms with Crippen molar-refractivity contribution in [3.8, 4) is 11.3 Å². The molecule has 0 atom stereocenters. The molecule has 0 bridgehead atoms. The van der Waals surface area contributed by atoms with Gasteiger partial charge in [-0.15, -0.1) is 0 Å². The first-order valence-electron chi connectivity index (χ1n) is 6.78. The highest BCUT2D eigenvalue weighted by Crippen LogP contribution is 2.26. The lowest BCUT2D eigenvalue weighted by Gasteiger charge is -2.26. The summed E-state index contributed by atoms with van der Waals surface area (Å²) in [6, 6.07) is 11.7. The van der Waals surface area contributed by atoms with Crippen LogP contribution >= 0.6 is 0 Å². The maximum atomic E-state index is 12.5. The third-order valence-electron chi connectivity index (χ3n) is 3.50. The molecule has 0 N–H and O–H groups in total. The highest BCUT2D eigenvalue weighted by atomic mass is 16.5. The van der Waals surface area contributed by atoms with Gasteiger partial charge >= 0.3 is 0 Å². The van der Waals surface area contributed by atoms with E-state index in [0.29, 0.717) is 37.6 Å². The minimum absolute atomic E-state index is 0.0248. The molecule has 1 aliphatic rings. The second-order valence-corrected chi connectivity index (χ2v) is 4.85. The van der Waals surface area contributed by atoms with Gasteiger partial charge in [0.15, 0.2) is 0 Å². The third kappa shape index (κ3) is 2.47. The summed E-state index contributed by atoms with van der Waals surface area (Å²) in [6.45, 7) is 4.33. The third-order valence-corrected chi connectivity index (χ3v) is 3.50. The van der Waals surface area contributed by atoms with Crippen LogP contribution in [0.15, 0.2) is 40.8 Å². The Morgan fingerprint density at radius 2 is 1.85 bits per heavy atom. The number of rotatable bonds is 2. The number of benzene rings is 1. The molecule has 1 amide bonds. The fourth-order valence-electron chi connectivity index (χ4n) is 2.38. The number of carbonyl (C=O) groups excluding carboxylic acids is 1. The number of carbonyl (C=O) groups is 1. The van der Waals surface area contributed by atoms with Crippen molar-refractivity contribution in [1.82, 2.24) is 4.90 Å². The first-order chi connectivity index (χ1) is 9.75. The standard InChI is InChI=1S/C16H17NO3/c1-12-14(16(18)17-7-9-19-10-8-17)11-15(20-12)13-5-3-2-4-6-13/h2-6,11H,7-10H2,1H3. The van der Waals surface area contributed by atoms with Crippen molar-refractivity contribution in [1.29, 1.82) is 0 Å². The van der Waals surface area contributed by atoms with E-state index in [-0.39, 0.29) is 5.91 Å². The Morgan fingerprint density at radius 3 is 2.55 bits per heavy atom. The van der Waals surface area contributed by atoms with Crippen LogP contribution in [-0.2, 0) is 4.74 Å². The van der Waals surface area contributed by atoms with Gasteiger partial charge < -0.3 is 14.1 Å². The summed E-state index contributed by atoms with van der Waals surface area (Å²) >= 11 is 0. The number of amides is 1. The molecule has 4 heteroatoms. The summed E-state index contributed by atoms with van der Waals surface area (Å²) < 4.78 is 11.0. The van der Waals surface area contributed by atoms with Crippen molar-refractivity contribution in [2.75, 3.05) is 26.3 Å². The first kappa shape index (κ1) is 12.9. The Labute approximate surface area is 118 Å². The molecule has 1 fully saturated rings. The number of hydrogen-bond acceptors (Lipinski definition) is 3. The zero-order valence-corrected chi connectivity index (χ0v) is 11.5. The van der Waals surface area contributed by atoms with Gasteiger partial charge in [-0.1, -0.05) is 30.3 Å². The van der Waals surface area contributed by atoms with Crippen molar-refractivity contribution in [2.24, 2.45) is 0 Å². The Balaban J connectivity index is 1.87. The van der Waals surface area contributed by atoms with Crippen LogP contribution in [0.5, 0.6) is 0 Å². The lowest BCUT2D eigenvalue weighted by Crippen LogP contribution is -2.40. The van der Waals surface area contributed by atoms with Crippen LogP contribution in [-0.4, -0.2) is 37.1 Å². The number of furan rings is 1. The average Bonchev–Trinajstić information content (AvgIpc) is 2.90. The first-order valence-corrected chi connectivity index (χ1v) is 6.78. The summed E-state index contributed by atoms with van der Waals surface area (Å²) in [5.41, 5.74) is 1.63. The van der Waals surface area contributed by atoms with Crippen LogP contribution in [0, 0.1) is 6.92 Å². The Kier molecular flexibility index (Phi) is 3.56. The fourth-order valence-corrected chi connectivity index (χ4v) is 2.38. The van der Waals surface area contributed by atoms with Crippen LogP contribution in [0.4, 0.5) is 0 Å². The SMILES string of the molecule is Cc1oc(-c2ccccc2)cc1C(=O)N1CCOCC1. The molecule has 0 aliphatic carbocycles. The maximum absolute atomic E-state index is 12.5. The normalized spacial score (nSPS) is 15.3. The fraction of sp³-hybridized carbons (Fsp3) is 0.312. The van der Waals surface area contributed by atoms with Gasteiger partial charge in [0.1, 0.15) is 11.5 Å². The number of hydrogen-bond donors (Lipinski definition) is 0. The Morgan fingerprint density at radius 1 is 1.15 bits per heavy atom. The van der Waals surface area contributed by atoms with Crippen LogP contribution in [0.2, 0.25) is 0 Å². The molecule has 0 spiro atoms. The molecule has 2 aromatic rings. The lowest BCUT2D eigenvalue weighted by atomic mass is 10.1. The van der Waals surface area contributed by atoms with Crippen molar-refractivity contribution in [3.63, 3.8) is 0 Å². The monoisotopic (exact) mass is 271 g/mol. The molecule has 0 saturated carbocycles. The van der Waals surface area contributed by atoms with Gasteiger partial charge in [0, 0.05) is 18.7 Å². The summed E-state index contributed by atoms with van der Waals surface area (Å²) in [6.07, 6.45) is 0. The van der Waals surface area contributed by atoms with E-state index in [2.05, 4.69) is 0 Å². The molecular formula is C16H17NO3. The Hall–Kier alpha value is -2.07. The molecule has 1 aliphatic heterocycles. The van der Waals surface area contributed by atoms with Gasteiger partial charge in [0.2, 0.25) is 0 Å². The summed E-state index contributed by atoms with van der Waals surface area (Å²) in [5.74, 6) is 1.43. The van der Waals surface area contributed by atoms with E-state index in [1.54, 1.807) is 0 Å². The van der Waals surface area contributed by atoms with Crippen molar-refractivity contribution < 1.29 is 13.9 Å². The smallest absolute Gasteiger partial charge is 0.257 e. The predicted octanol–water partition coefficient (Wildman–Crippen LogP) is 2.73. The molecular weight excluding hydrogens is 254 g/mol. The molecule has 104 valence electrons. The van der Waals surface area contributed by atoms with E-state index in [1.165, 1.54) is 0 Å². The highest BCUT2D eigenvalue weighted by molar-refractivity contribution is 5.96. The van der Waals surface area contributed by atoms with Crippen LogP contribution < -0.4 is 0 Å². The van der Waals surface area contributed by atoms with E-state index in [0.717, 1.165) is 11.3 Å². The molecule has 1 aromatic heterocycles. The molecule has 4 nitrogen and oxygen atoms in total. The molecule has 0 unspecified atom stereocenters. The Bertz CT molecular complexity index is 597. The van der Waals surface area contributed by atoms with Gasteiger partial charge in [-0.3, -0.25) is 4.79 Å². The molecule has 1 aromatic carbocycles. The summed E-state index contributed by atoms with van der Waals surface area (Å²) in [7, 11) is 0. The van der Waals surface area contributed by atoms with E-state index >= 15 is 0 Å². The minimum Gasteiger partial charge on any atom is -0.461 e. The highest BCUT2D eigenvalue weighted by Gasteiger charge is 2.23. The zero-order chi connectivity index (χ0) is 13.9. The molecule has 1 saturated heterocycles. The van der Waals surface area contributed by atoms with Crippen LogP contribution in [0.25, 0.3) is 11.3 Å². The van der Waals surface area contributed by atoms with Gasteiger partial charge in [-0.2, -0.15) is 0 Å². The van der Waals surface area contributed by atoms with E-state index < -0.39 is 0 Å². The quantitative estimate of drug-likeness (QED) is 0.843. The zero-order valence-electron chi connectivity index (χ0n) is 11.5. The maximum Gasteiger partial charge on any atom is 0.257 e. The van der Waals surface area contributed by atoms with Gasteiger partial charge in [0.05, 0.1) is 18.8 Å².